The number of rotatable bonds is 5. The summed E-state index contributed by atoms with van der Waals surface area (Å²) in [6.45, 7) is 0. The topological polar surface area (TPSA) is 55.9 Å². The molecule has 0 aliphatic rings. The summed E-state index contributed by atoms with van der Waals surface area (Å²) in [7, 11) is 1.92. The molecule has 18 heavy (non-hydrogen) atoms. The fourth-order valence-electron chi connectivity index (χ4n) is 1.98. The van der Waals surface area contributed by atoms with Gasteiger partial charge in [0.2, 0.25) is 0 Å². The zero-order chi connectivity index (χ0) is 13.0. The van der Waals surface area contributed by atoms with Crippen LogP contribution in [0.1, 0.15) is 11.1 Å². The minimum atomic E-state index is 0.202. The number of nitrogens with one attached hydrogen (secondary N) is 1. The standard InChI is InChI=1S/C13H17BrN4/c1-18-9-10(8-16-18)6-12(17-15)7-11-4-2-3-5-13(11)14/h2-5,8-9,12,17H,6-7,15H2,1H3. The van der Waals surface area contributed by atoms with E-state index in [9.17, 15) is 0 Å². The smallest absolute Gasteiger partial charge is 0.0522 e. The second kappa shape index (κ2) is 6.13. The van der Waals surface area contributed by atoms with Crippen LogP contribution in [0.25, 0.3) is 0 Å². The van der Waals surface area contributed by atoms with E-state index in [2.05, 4.69) is 32.5 Å². The van der Waals surface area contributed by atoms with E-state index in [4.69, 9.17) is 5.84 Å². The predicted octanol–water partition coefficient (Wildman–Crippen LogP) is 1.80. The molecule has 0 radical (unpaired) electrons. The average Bonchev–Trinajstić information content (AvgIpc) is 2.76. The zero-order valence-corrected chi connectivity index (χ0v) is 11.9. The van der Waals surface area contributed by atoms with Gasteiger partial charge in [0, 0.05) is 23.8 Å². The first kappa shape index (κ1) is 13.3. The lowest BCUT2D eigenvalue weighted by molar-refractivity contribution is 0.521. The third-order valence-corrected chi connectivity index (χ3v) is 3.67. The van der Waals surface area contributed by atoms with Crippen molar-refractivity contribution in [2.45, 2.75) is 18.9 Å². The first-order chi connectivity index (χ1) is 8.69. The Bertz CT molecular complexity index is 509. The first-order valence-electron chi connectivity index (χ1n) is 5.86. The first-order valence-corrected chi connectivity index (χ1v) is 6.65. The summed E-state index contributed by atoms with van der Waals surface area (Å²) in [6, 6.07) is 8.41. The molecular weight excluding hydrogens is 292 g/mol. The van der Waals surface area contributed by atoms with Crippen LogP contribution in [0.2, 0.25) is 0 Å². The van der Waals surface area contributed by atoms with Gasteiger partial charge in [0.05, 0.1) is 6.20 Å². The fraction of sp³-hybridized carbons (Fsp3) is 0.308. The van der Waals surface area contributed by atoms with Crippen LogP contribution < -0.4 is 11.3 Å². The minimum absolute atomic E-state index is 0.202. The summed E-state index contributed by atoms with van der Waals surface area (Å²) in [4.78, 5) is 0. The molecule has 0 aliphatic heterocycles. The van der Waals surface area contributed by atoms with Crippen LogP contribution in [0, 0.1) is 0 Å². The van der Waals surface area contributed by atoms with E-state index in [1.807, 2.05) is 37.6 Å². The molecule has 0 aliphatic carbocycles. The molecule has 1 aromatic heterocycles. The highest BCUT2D eigenvalue weighted by Crippen LogP contribution is 2.18. The van der Waals surface area contributed by atoms with Gasteiger partial charge >= 0.3 is 0 Å². The van der Waals surface area contributed by atoms with Crippen molar-refractivity contribution in [1.82, 2.24) is 15.2 Å². The number of halogens is 1. The molecule has 0 spiro atoms. The Labute approximate surface area is 115 Å². The van der Waals surface area contributed by atoms with E-state index in [0.717, 1.165) is 17.3 Å². The largest absolute Gasteiger partial charge is 0.276 e. The Morgan fingerprint density at radius 2 is 2.17 bits per heavy atom. The molecule has 0 bridgehead atoms. The number of nitrogens with zero attached hydrogens (tertiary/aromatic N) is 2. The quantitative estimate of drug-likeness (QED) is 0.654. The normalized spacial score (nSPS) is 12.6. The van der Waals surface area contributed by atoms with Crippen LogP contribution in [-0.4, -0.2) is 15.8 Å². The van der Waals surface area contributed by atoms with E-state index in [1.165, 1.54) is 11.1 Å². The highest BCUT2D eigenvalue weighted by molar-refractivity contribution is 9.10. The lowest BCUT2D eigenvalue weighted by atomic mass is 10.0. The van der Waals surface area contributed by atoms with Gasteiger partial charge in [0.25, 0.3) is 0 Å². The van der Waals surface area contributed by atoms with Crippen molar-refractivity contribution < 1.29 is 0 Å². The zero-order valence-electron chi connectivity index (χ0n) is 10.3. The molecule has 1 aromatic carbocycles. The summed E-state index contributed by atoms with van der Waals surface area (Å²) in [5.41, 5.74) is 5.32. The maximum atomic E-state index is 5.63. The van der Waals surface area contributed by atoms with Gasteiger partial charge in [-0.05, 0) is 30.0 Å². The molecule has 1 atom stereocenters. The number of benzene rings is 1. The molecule has 0 fully saturated rings. The van der Waals surface area contributed by atoms with Crippen LogP contribution in [0.5, 0.6) is 0 Å². The summed E-state index contributed by atoms with van der Waals surface area (Å²) in [5, 5.41) is 4.17. The monoisotopic (exact) mass is 308 g/mol. The van der Waals surface area contributed by atoms with Gasteiger partial charge in [-0.15, -0.1) is 0 Å². The van der Waals surface area contributed by atoms with E-state index in [-0.39, 0.29) is 6.04 Å². The number of aromatic nitrogens is 2. The molecule has 0 saturated heterocycles. The number of aryl methyl sites for hydroxylation is 1. The van der Waals surface area contributed by atoms with E-state index in [1.54, 1.807) is 4.68 Å². The van der Waals surface area contributed by atoms with Crippen molar-refractivity contribution in [2.24, 2.45) is 12.9 Å². The van der Waals surface area contributed by atoms with Gasteiger partial charge in [-0.2, -0.15) is 5.10 Å². The van der Waals surface area contributed by atoms with Gasteiger partial charge in [-0.25, -0.2) is 0 Å². The predicted molar refractivity (Wildman–Crippen MR) is 75.9 cm³/mol. The number of nitrogens with two attached hydrogens (primary N) is 1. The SMILES string of the molecule is Cn1cc(CC(Cc2ccccc2Br)NN)cn1. The average molecular weight is 309 g/mol. The maximum Gasteiger partial charge on any atom is 0.0522 e. The van der Waals surface area contributed by atoms with E-state index >= 15 is 0 Å². The highest BCUT2D eigenvalue weighted by atomic mass is 79.9. The third kappa shape index (κ3) is 3.41. The van der Waals surface area contributed by atoms with Crippen LogP contribution in [0.3, 0.4) is 0 Å². The Morgan fingerprint density at radius 3 is 2.78 bits per heavy atom. The summed E-state index contributed by atoms with van der Waals surface area (Å²) in [5.74, 6) is 5.63. The lowest BCUT2D eigenvalue weighted by Crippen LogP contribution is -2.38. The Kier molecular flexibility index (Phi) is 4.52. The van der Waals surface area contributed by atoms with Gasteiger partial charge in [-0.1, -0.05) is 34.1 Å². The van der Waals surface area contributed by atoms with Crippen LogP contribution in [-0.2, 0) is 19.9 Å². The number of hydrogen-bond donors (Lipinski definition) is 2. The van der Waals surface area contributed by atoms with Gasteiger partial charge in [0.15, 0.2) is 0 Å². The maximum absolute atomic E-state index is 5.63. The second-order valence-electron chi connectivity index (χ2n) is 4.39. The number of hydrazine groups is 1. The van der Waals surface area contributed by atoms with Crippen molar-refractivity contribution in [2.75, 3.05) is 0 Å². The minimum Gasteiger partial charge on any atom is -0.276 e. The van der Waals surface area contributed by atoms with Crippen LogP contribution in [0.4, 0.5) is 0 Å². The molecule has 4 nitrogen and oxygen atoms in total. The van der Waals surface area contributed by atoms with Crippen molar-refractivity contribution in [3.05, 3.63) is 52.3 Å². The third-order valence-electron chi connectivity index (χ3n) is 2.90. The molecule has 3 N–H and O–H groups in total. The van der Waals surface area contributed by atoms with E-state index < -0.39 is 0 Å². The molecule has 2 aromatic rings. The summed E-state index contributed by atoms with van der Waals surface area (Å²) in [6.07, 6.45) is 5.65. The van der Waals surface area contributed by atoms with Crippen molar-refractivity contribution in [3.63, 3.8) is 0 Å². The van der Waals surface area contributed by atoms with Crippen molar-refractivity contribution in [3.8, 4) is 0 Å². The Balaban J connectivity index is 2.04. The molecule has 1 heterocycles. The van der Waals surface area contributed by atoms with Crippen LogP contribution >= 0.6 is 15.9 Å². The van der Waals surface area contributed by atoms with Crippen molar-refractivity contribution in [1.29, 1.82) is 0 Å². The second-order valence-corrected chi connectivity index (χ2v) is 5.24. The van der Waals surface area contributed by atoms with Gasteiger partial charge < -0.3 is 0 Å². The van der Waals surface area contributed by atoms with Gasteiger partial charge in [0.1, 0.15) is 0 Å². The Hall–Kier alpha value is -1.17. The number of hydrogen-bond acceptors (Lipinski definition) is 3. The summed E-state index contributed by atoms with van der Waals surface area (Å²) < 4.78 is 2.93. The lowest BCUT2D eigenvalue weighted by Gasteiger charge is -2.15. The summed E-state index contributed by atoms with van der Waals surface area (Å²) >= 11 is 3.56. The molecule has 96 valence electrons. The van der Waals surface area contributed by atoms with Crippen LogP contribution in [0.15, 0.2) is 41.1 Å². The molecule has 0 saturated carbocycles. The molecule has 2 rings (SSSR count). The molecule has 1 unspecified atom stereocenters. The Morgan fingerprint density at radius 1 is 1.39 bits per heavy atom. The highest BCUT2D eigenvalue weighted by Gasteiger charge is 2.11. The fourth-order valence-corrected chi connectivity index (χ4v) is 2.43. The van der Waals surface area contributed by atoms with E-state index in [0.29, 0.717) is 0 Å². The molecule has 0 amide bonds. The molecule has 5 heteroatoms. The molecular formula is C13H17BrN4. The van der Waals surface area contributed by atoms with Gasteiger partial charge in [-0.3, -0.25) is 16.0 Å². The van der Waals surface area contributed by atoms with Crippen molar-refractivity contribution >= 4 is 15.9 Å².